The molecular weight excluding hydrogens is 558 g/mol. The quantitative estimate of drug-likeness (QED) is 0.296. The first kappa shape index (κ1) is 23.5. The van der Waals surface area contributed by atoms with E-state index in [0.717, 1.165) is 6.42 Å². The van der Waals surface area contributed by atoms with Crippen molar-refractivity contribution in [3.05, 3.63) is 92.5 Å². The molecule has 0 amide bonds. The van der Waals surface area contributed by atoms with Gasteiger partial charge in [0.25, 0.3) is 5.56 Å². The molecule has 10 nitrogen and oxygen atoms in total. The first-order valence-electron chi connectivity index (χ1n) is 12.5. The average Bonchev–Trinajstić information content (AvgIpc) is 3.29. The van der Waals surface area contributed by atoms with E-state index in [9.17, 15) is 4.79 Å². The summed E-state index contributed by atoms with van der Waals surface area (Å²) in [5.74, 6) is 1.01. The fourth-order valence-electron chi connectivity index (χ4n) is 5.76. The van der Waals surface area contributed by atoms with Gasteiger partial charge in [-0.25, -0.2) is 19.0 Å². The van der Waals surface area contributed by atoms with Crippen LogP contribution in [0.5, 0.6) is 0 Å². The molecule has 1 N–H and O–H groups in total. The van der Waals surface area contributed by atoms with Gasteiger partial charge in [-0.3, -0.25) is 9.36 Å². The van der Waals surface area contributed by atoms with Crippen molar-refractivity contribution in [3.63, 3.8) is 0 Å². The molecule has 40 heavy (non-hydrogen) atoms. The molecule has 0 radical (unpaired) electrons. The number of hydrogen-bond donors (Lipinski definition) is 1. The summed E-state index contributed by atoms with van der Waals surface area (Å²) in [4.78, 5) is 26.3. The molecule has 198 valence electrons. The Balaban J connectivity index is 1.20. The second-order valence-corrected chi connectivity index (χ2v) is 10.9. The van der Waals surface area contributed by atoms with Crippen molar-refractivity contribution in [1.29, 1.82) is 0 Å². The van der Waals surface area contributed by atoms with Crippen LogP contribution in [0.4, 0.5) is 4.39 Å². The number of hydrogen-bond acceptors (Lipinski definition) is 7. The van der Waals surface area contributed by atoms with Gasteiger partial charge in [-0.2, -0.15) is 0 Å². The summed E-state index contributed by atoms with van der Waals surface area (Å²) < 4.78 is 23.6. The van der Waals surface area contributed by atoms with Crippen LogP contribution >= 0.6 is 23.2 Å². The van der Waals surface area contributed by atoms with Gasteiger partial charge < -0.3 is 9.51 Å². The summed E-state index contributed by atoms with van der Waals surface area (Å²) >= 11 is 12.3. The van der Waals surface area contributed by atoms with Crippen molar-refractivity contribution in [2.24, 2.45) is 5.92 Å². The molecule has 6 aromatic rings. The minimum Gasteiger partial charge on any atom is -0.353 e. The second-order valence-electron chi connectivity index (χ2n) is 10.1. The maximum atomic E-state index is 15.3. The van der Waals surface area contributed by atoms with Crippen molar-refractivity contribution in [1.82, 2.24) is 39.7 Å². The Kier molecular flexibility index (Phi) is 4.90. The maximum absolute atomic E-state index is 15.3. The third-order valence-electron chi connectivity index (χ3n) is 7.71. The lowest BCUT2D eigenvalue weighted by Crippen LogP contribution is -2.27. The minimum absolute atomic E-state index is 0.0983. The molecule has 2 aliphatic rings. The fraction of sp³-hybridized carbons (Fsp3) is 0.185. The van der Waals surface area contributed by atoms with E-state index in [1.807, 2.05) is 0 Å². The summed E-state index contributed by atoms with van der Waals surface area (Å²) in [5, 5.41) is 13.1. The lowest BCUT2D eigenvalue weighted by Gasteiger charge is -2.17. The number of H-pyrrole nitrogens is 1. The fourth-order valence-corrected chi connectivity index (χ4v) is 6.06. The summed E-state index contributed by atoms with van der Waals surface area (Å²) in [6.07, 6.45) is 4.02. The van der Waals surface area contributed by atoms with E-state index in [1.165, 1.54) is 10.7 Å². The van der Waals surface area contributed by atoms with Crippen molar-refractivity contribution in [2.45, 2.75) is 25.3 Å². The van der Waals surface area contributed by atoms with Crippen LogP contribution in [0, 0.1) is 18.7 Å². The topological polar surface area (TPSA) is 120 Å². The Morgan fingerprint density at radius 2 is 2.02 bits per heavy atom. The molecule has 1 aliphatic carbocycles. The van der Waals surface area contributed by atoms with Crippen LogP contribution in [0.2, 0.25) is 10.2 Å². The molecule has 0 bridgehead atoms. The SMILES string of the molecule is Cc1noc2c(F)c(-c3cnc(C4C5CC5c5nc(-c6cc(Cl)ccc6-n6cc(Cl)nn6)cc(=O)n54)[nH]3)ccc12. The Bertz CT molecular complexity index is 2060. The first-order valence-corrected chi connectivity index (χ1v) is 13.2. The molecule has 1 saturated carbocycles. The van der Waals surface area contributed by atoms with E-state index in [2.05, 4.69) is 25.4 Å². The Labute approximate surface area is 234 Å². The van der Waals surface area contributed by atoms with Crippen molar-refractivity contribution in [2.75, 3.05) is 0 Å². The number of benzene rings is 2. The van der Waals surface area contributed by atoms with Crippen LogP contribution in [-0.2, 0) is 0 Å². The standard InChI is InChI=1S/C27H17Cl2FN8O2/c1-11-13-3-4-14(23(30)25(13)40-35-11)19-9-31-26(32-19)24-15-7-16(15)27-33-18(8-22(39)38(24)27)17-6-12(28)2-5-20(17)37-10-21(29)34-36-37/h2-6,8-10,15-16,24H,7H2,1H3,(H,31,32). The van der Waals surface area contributed by atoms with Crippen LogP contribution in [-0.4, -0.2) is 39.7 Å². The van der Waals surface area contributed by atoms with Gasteiger partial charge in [-0.15, -0.1) is 5.10 Å². The van der Waals surface area contributed by atoms with E-state index in [0.29, 0.717) is 56.0 Å². The largest absolute Gasteiger partial charge is 0.353 e. The lowest BCUT2D eigenvalue weighted by atomic mass is 10.1. The zero-order chi connectivity index (χ0) is 27.3. The highest BCUT2D eigenvalue weighted by molar-refractivity contribution is 6.31. The molecular formula is C27H17Cl2FN8O2. The molecule has 1 fully saturated rings. The normalized spacial score (nSPS) is 19.2. The summed E-state index contributed by atoms with van der Waals surface area (Å²) in [7, 11) is 0. The Morgan fingerprint density at radius 3 is 2.85 bits per heavy atom. The Morgan fingerprint density at radius 1 is 1.15 bits per heavy atom. The average molecular weight is 575 g/mol. The van der Waals surface area contributed by atoms with E-state index in [1.54, 1.807) is 54.2 Å². The highest BCUT2D eigenvalue weighted by Crippen LogP contribution is 2.59. The van der Waals surface area contributed by atoms with E-state index >= 15 is 4.39 Å². The van der Waals surface area contributed by atoms with E-state index in [-0.39, 0.29) is 34.2 Å². The summed E-state index contributed by atoms with van der Waals surface area (Å²) in [5.41, 5.74) is 3.04. The van der Waals surface area contributed by atoms with Gasteiger partial charge in [0.1, 0.15) is 11.6 Å². The van der Waals surface area contributed by atoms with Gasteiger partial charge in [-0.05, 0) is 49.6 Å². The molecule has 13 heteroatoms. The highest BCUT2D eigenvalue weighted by atomic mass is 35.5. The van der Waals surface area contributed by atoms with Gasteiger partial charge in [-0.1, -0.05) is 33.6 Å². The van der Waals surface area contributed by atoms with E-state index in [4.69, 9.17) is 32.7 Å². The first-order chi connectivity index (χ1) is 19.4. The molecule has 3 unspecified atom stereocenters. The number of aromatic amines is 1. The van der Waals surface area contributed by atoms with Crippen molar-refractivity contribution in [3.8, 4) is 28.2 Å². The molecule has 8 rings (SSSR count). The number of nitrogens with one attached hydrogen (secondary N) is 1. The van der Waals surface area contributed by atoms with Gasteiger partial charge in [0.2, 0.25) is 5.58 Å². The van der Waals surface area contributed by atoms with Crippen LogP contribution < -0.4 is 5.56 Å². The highest BCUT2D eigenvalue weighted by Gasteiger charge is 2.55. The number of halogens is 3. The van der Waals surface area contributed by atoms with E-state index < -0.39 is 5.82 Å². The lowest BCUT2D eigenvalue weighted by molar-refractivity contribution is 0.435. The minimum atomic E-state index is -0.515. The number of nitrogens with zero attached hydrogens (tertiary/aromatic N) is 7. The van der Waals surface area contributed by atoms with Crippen LogP contribution in [0.15, 0.2) is 58.1 Å². The van der Waals surface area contributed by atoms with Crippen LogP contribution in [0.1, 0.15) is 35.7 Å². The molecule has 3 atom stereocenters. The number of rotatable bonds is 4. The Hall–Kier alpha value is -4.35. The number of fused-ring (bicyclic) bond motifs is 4. The third kappa shape index (κ3) is 3.40. The maximum Gasteiger partial charge on any atom is 0.254 e. The zero-order valence-corrected chi connectivity index (χ0v) is 22.2. The van der Waals surface area contributed by atoms with Crippen molar-refractivity contribution >= 4 is 34.2 Å². The second kappa shape index (κ2) is 8.33. The smallest absolute Gasteiger partial charge is 0.254 e. The van der Waals surface area contributed by atoms with Crippen molar-refractivity contribution < 1.29 is 8.91 Å². The molecule has 2 aromatic carbocycles. The van der Waals surface area contributed by atoms with Gasteiger partial charge in [0.05, 0.1) is 41.2 Å². The molecule has 1 aliphatic heterocycles. The van der Waals surface area contributed by atoms with Crippen LogP contribution in [0.3, 0.4) is 0 Å². The zero-order valence-electron chi connectivity index (χ0n) is 20.6. The third-order valence-corrected chi connectivity index (χ3v) is 8.12. The monoisotopic (exact) mass is 574 g/mol. The summed E-state index contributed by atoms with van der Waals surface area (Å²) in [6.45, 7) is 1.76. The molecule has 5 heterocycles. The predicted molar refractivity (Wildman–Crippen MR) is 144 cm³/mol. The molecule has 4 aromatic heterocycles. The summed E-state index contributed by atoms with van der Waals surface area (Å²) in [6, 6.07) is 9.83. The van der Waals surface area contributed by atoms with Gasteiger partial charge >= 0.3 is 0 Å². The molecule has 0 spiro atoms. The predicted octanol–water partition coefficient (Wildman–Crippen LogP) is 5.48. The number of imidazole rings is 1. The van der Waals surface area contributed by atoms with Gasteiger partial charge in [0.15, 0.2) is 11.0 Å². The number of aryl methyl sites for hydroxylation is 1. The number of aromatic nitrogens is 8. The molecule has 0 saturated heterocycles. The van der Waals surface area contributed by atoms with Gasteiger partial charge in [0, 0.05) is 33.5 Å². The van der Waals surface area contributed by atoms with Crippen LogP contribution in [0.25, 0.3) is 39.2 Å².